The van der Waals surface area contributed by atoms with Crippen LogP contribution >= 0.6 is 0 Å². The molecule has 0 saturated heterocycles. The maximum absolute atomic E-state index is 13.0. The van der Waals surface area contributed by atoms with Crippen LogP contribution in [0.5, 0.6) is 0 Å². The number of hydrogen-bond donors (Lipinski definition) is 0. The van der Waals surface area contributed by atoms with E-state index in [9.17, 15) is 14.4 Å². The monoisotopic (exact) mass is 1130 g/mol. The van der Waals surface area contributed by atoms with Gasteiger partial charge in [-0.05, 0) is 96.3 Å². The second kappa shape index (κ2) is 68.8. The Kier molecular flexibility index (Phi) is 65.7. The van der Waals surface area contributed by atoms with Crippen LogP contribution in [0.2, 0.25) is 0 Å². The van der Waals surface area contributed by atoms with E-state index in [0.717, 1.165) is 109 Å². The van der Waals surface area contributed by atoms with E-state index >= 15 is 0 Å². The van der Waals surface area contributed by atoms with Crippen molar-refractivity contribution in [3.63, 3.8) is 0 Å². The smallest absolute Gasteiger partial charge is 0.306 e. The first-order valence-electron chi connectivity index (χ1n) is 34.7. The average molecular weight is 1130 g/mol. The van der Waals surface area contributed by atoms with Crippen LogP contribution in [0.25, 0.3) is 0 Å². The van der Waals surface area contributed by atoms with Crippen LogP contribution in [-0.4, -0.2) is 37.2 Å². The summed E-state index contributed by atoms with van der Waals surface area (Å²) in [6.45, 7) is 6.45. The van der Waals surface area contributed by atoms with Gasteiger partial charge in [0.2, 0.25) is 0 Å². The molecule has 0 aliphatic heterocycles. The van der Waals surface area contributed by atoms with Crippen molar-refractivity contribution in [3.05, 3.63) is 97.2 Å². The Labute approximate surface area is 502 Å². The maximum Gasteiger partial charge on any atom is 0.306 e. The van der Waals surface area contributed by atoms with Crippen molar-refractivity contribution in [2.24, 2.45) is 0 Å². The van der Waals surface area contributed by atoms with Crippen molar-refractivity contribution in [3.8, 4) is 0 Å². The fourth-order valence-electron chi connectivity index (χ4n) is 9.96. The predicted molar refractivity (Wildman–Crippen MR) is 353 cm³/mol. The predicted octanol–water partition coefficient (Wildman–Crippen LogP) is 24.0. The van der Waals surface area contributed by atoms with Gasteiger partial charge in [0, 0.05) is 19.3 Å². The van der Waals surface area contributed by atoms with E-state index in [1.54, 1.807) is 0 Å². The highest BCUT2D eigenvalue weighted by molar-refractivity contribution is 5.71. The Balaban J connectivity index is 4.27. The fraction of sp³-hybridized carbons (Fsp3) is 0.747. The zero-order valence-corrected chi connectivity index (χ0v) is 53.5. The van der Waals surface area contributed by atoms with Crippen LogP contribution in [0.1, 0.15) is 342 Å². The molecule has 0 bridgehead atoms. The van der Waals surface area contributed by atoms with Crippen molar-refractivity contribution in [1.82, 2.24) is 0 Å². The molecule has 0 aliphatic carbocycles. The molecule has 0 aliphatic rings. The third-order valence-electron chi connectivity index (χ3n) is 15.1. The number of esters is 3. The summed E-state index contributed by atoms with van der Waals surface area (Å²) in [6, 6.07) is 0. The summed E-state index contributed by atoms with van der Waals surface area (Å²) >= 11 is 0. The van der Waals surface area contributed by atoms with Gasteiger partial charge in [-0.3, -0.25) is 14.4 Å². The van der Waals surface area contributed by atoms with Crippen LogP contribution in [-0.2, 0) is 28.6 Å². The lowest BCUT2D eigenvalue weighted by molar-refractivity contribution is -0.167. The first-order valence-corrected chi connectivity index (χ1v) is 34.7. The number of carbonyl (C=O) groups excluding carboxylic acids is 3. The largest absolute Gasteiger partial charge is 0.462 e. The molecule has 0 aromatic heterocycles. The maximum atomic E-state index is 13.0. The molecule has 0 amide bonds. The standard InChI is InChI=1S/C75H130O6/c1-4-7-10-13-16-19-22-25-27-29-31-33-35-36-37-38-40-41-43-45-47-50-53-56-59-62-65-68-74(77)80-71-72(70-79-73(76)67-64-61-58-55-52-49-24-21-18-15-12-9-6-3)81-75(78)69-66-63-60-57-54-51-48-46-44-42-39-34-32-30-28-26-23-20-17-14-11-8-5-2/h7-8,10-11,16-17,19-20,25-28,31-34,72H,4-6,9,12-15,18,21-24,29-30,35-71H2,1-3H3/b10-7-,11-8-,19-16-,20-17-,27-25-,28-26-,33-31-,34-32-. The van der Waals surface area contributed by atoms with Gasteiger partial charge in [-0.1, -0.05) is 323 Å². The quantitative estimate of drug-likeness (QED) is 0.0261. The van der Waals surface area contributed by atoms with E-state index in [0.29, 0.717) is 19.3 Å². The first-order chi connectivity index (χ1) is 40.0. The van der Waals surface area contributed by atoms with E-state index in [1.807, 2.05) is 0 Å². The summed E-state index contributed by atoms with van der Waals surface area (Å²) in [7, 11) is 0. The van der Waals surface area contributed by atoms with Gasteiger partial charge >= 0.3 is 17.9 Å². The number of hydrogen-bond acceptors (Lipinski definition) is 6. The third-order valence-corrected chi connectivity index (χ3v) is 15.1. The van der Waals surface area contributed by atoms with Gasteiger partial charge in [0.25, 0.3) is 0 Å². The molecule has 0 rings (SSSR count). The topological polar surface area (TPSA) is 78.9 Å². The second-order valence-electron chi connectivity index (χ2n) is 23.0. The van der Waals surface area contributed by atoms with Crippen LogP contribution in [0.15, 0.2) is 97.2 Å². The highest BCUT2D eigenvalue weighted by Crippen LogP contribution is 2.17. The number of allylic oxidation sites excluding steroid dienone is 16. The zero-order valence-electron chi connectivity index (χ0n) is 53.5. The summed E-state index contributed by atoms with van der Waals surface area (Å²) in [6.07, 6.45) is 92.8. The van der Waals surface area contributed by atoms with Gasteiger partial charge < -0.3 is 14.2 Å². The van der Waals surface area contributed by atoms with Gasteiger partial charge in [-0.25, -0.2) is 0 Å². The molecule has 0 aromatic carbocycles. The van der Waals surface area contributed by atoms with Crippen molar-refractivity contribution in [2.45, 2.75) is 348 Å². The highest BCUT2D eigenvalue weighted by Gasteiger charge is 2.19. The molecular weight excluding hydrogens is 997 g/mol. The molecule has 81 heavy (non-hydrogen) atoms. The Bertz CT molecular complexity index is 1580. The van der Waals surface area contributed by atoms with Gasteiger partial charge in [-0.15, -0.1) is 0 Å². The van der Waals surface area contributed by atoms with E-state index < -0.39 is 6.10 Å². The summed E-state index contributed by atoms with van der Waals surface area (Å²) < 4.78 is 17.0. The minimum absolute atomic E-state index is 0.0749. The lowest BCUT2D eigenvalue weighted by Gasteiger charge is -2.18. The van der Waals surface area contributed by atoms with Gasteiger partial charge in [0.1, 0.15) is 13.2 Å². The van der Waals surface area contributed by atoms with E-state index in [4.69, 9.17) is 14.2 Å². The Morgan fingerprint density at radius 2 is 0.481 bits per heavy atom. The molecule has 0 heterocycles. The summed E-state index contributed by atoms with van der Waals surface area (Å²) in [5.74, 6) is -0.863. The van der Waals surface area contributed by atoms with Gasteiger partial charge in [0.05, 0.1) is 0 Å². The SMILES string of the molecule is CC/C=C\C/C=C\C/C=C\C/C=C\CCCCCCCCCCCCCCCCC(=O)OCC(COC(=O)CCCCCCCCCCCCCCC)OC(=O)CCCCCCCCCCCC/C=C\C/C=C\C/C=C\C/C=C\CC. The Hall–Kier alpha value is -3.67. The van der Waals surface area contributed by atoms with E-state index in [1.165, 1.54) is 193 Å². The Morgan fingerprint density at radius 1 is 0.259 bits per heavy atom. The summed E-state index contributed by atoms with van der Waals surface area (Å²) in [5.41, 5.74) is 0. The van der Waals surface area contributed by atoms with E-state index in [-0.39, 0.29) is 31.1 Å². The second-order valence-corrected chi connectivity index (χ2v) is 23.0. The van der Waals surface area contributed by atoms with Crippen LogP contribution in [0.4, 0.5) is 0 Å². The van der Waals surface area contributed by atoms with Gasteiger partial charge in [0.15, 0.2) is 6.10 Å². The lowest BCUT2D eigenvalue weighted by Crippen LogP contribution is -2.30. The van der Waals surface area contributed by atoms with Crippen molar-refractivity contribution < 1.29 is 28.6 Å². The highest BCUT2D eigenvalue weighted by atomic mass is 16.6. The van der Waals surface area contributed by atoms with Crippen LogP contribution in [0, 0.1) is 0 Å². The molecule has 6 nitrogen and oxygen atoms in total. The van der Waals surface area contributed by atoms with Crippen molar-refractivity contribution in [2.75, 3.05) is 13.2 Å². The molecule has 1 atom stereocenters. The normalized spacial score (nSPS) is 12.7. The summed E-state index contributed by atoms with van der Waals surface area (Å²) in [5, 5.41) is 0. The molecule has 0 saturated carbocycles. The molecule has 0 spiro atoms. The number of rotatable bonds is 63. The van der Waals surface area contributed by atoms with Crippen molar-refractivity contribution in [1.29, 1.82) is 0 Å². The van der Waals surface area contributed by atoms with Crippen LogP contribution < -0.4 is 0 Å². The molecular formula is C75H130O6. The van der Waals surface area contributed by atoms with Gasteiger partial charge in [-0.2, -0.15) is 0 Å². The molecule has 0 fully saturated rings. The number of carbonyl (C=O) groups is 3. The molecule has 0 aromatic rings. The third kappa shape index (κ3) is 67.0. The molecule has 6 heteroatoms. The molecule has 466 valence electrons. The lowest BCUT2D eigenvalue weighted by atomic mass is 10.0. The fourth-order valence-corrected chi connectivity index (χ4v) is 9.96. The molecule has 0 N–H and O–H groups in total. The van der Waals surface area contributed by atoms with Crippen molar-refractivity contribution >= 4 is 17.9 Å². The minimum Gasteiger partial charge on any atom is -0.462 e. The number of ether oxygens (including phenoxy) is 3. The Morgan fingerprint density at radius 3 is 0.753 bits per heavy atom. The molecule has 0 radical (unpaired) electrons. The van der Waals surface area contributed by atoms with E-state index in [2.05, 4.69) is 118 Å². The zero-order chi connectivity index (χ0) is 58.5. The minimum atomic E-state index is -0.780. The molecule has 1 unspecified atom stereocenters. The average Bonchev–Trinajstić information content (AvgIpc) is 3.46. The first kappa shape index (κ1) is 77.3. The number of unbranched alkanes of at least 4 members (excludes halogenated alkanes) is 36. The summed E-state index contributed by atoms with van der Waals surface area (Å²) in [4.78, 5) is 38.4. The van der Waals surface area contributed by atoms with Crippen LogP contribution in [0.3, 0.4) is 0 Å².